The molecular weight excluding hydrogens is 274 g/mol. The van der Waals surface area contributed by atoms with Crippen molar-refractivity contribution in [3.05, 3.63) is 65.7 Å². The summed E-state index contributed by atoms with van der Waals surface area (Å²) in [6.07, 6.45) is 0. The van der Waals surface area contributed by atoms with Crippen LogP contribution in [-0.2, 0) is 11.3 Å². The van der Waals surface area contributed by atoms with Gasteiger partial charge < -0.3 is 15.5 Å². The number of rotatable bonds is 4. The number of carbonyl (C=O) groups is 1. The van der Waals surface area contributed by atoms with Gasteiger partial charge in [-0.05, 0) is 11.6 Å². The van der Waals surface area contributed by atoms with E-state index in [2.05, 4.69) is 40.8 Å². The summed E-state index contributed by atoms with van der Waals surface area (Å²) in [5, 5.41) is 6.23. The molecule has 1 heterocycles. The molecule has 114 valence electrons. The van der Waals surface area contributed by atoms with Crippen LogP contribution in [0.15, 0.2) is 54.6 Å². The Morgan fingerprint density at radius 2 is 1.77 bits per heavy atom. The van der Waals surface area contributed by atoms with Crippen LogP contribution >= 0.6 is 0 Å². The minimum absolute atomic E-state index is 0.0480. The fourth-order valence-corrected chi connectivity index (χ4v) is 2.87. The van der Waals surface area contributed by atoms with Crippen LogP contribution in [0.2, 0.25) is 0 Å². The quantitative estimate of drug-likeness (QED) is 0.908. The summed E-state index contributed by atoms with van der Waals surface area (Å²) in [6, 6.07) is 18.2. The van der Waals surface area contributed by atoms with E-state index in [0.29, 0.717) is 6.54 Å². The number of nitrogens with zero attached hydrogens (tertiary/aromatic N) is 1. The van der Waals surface area contributed by atoms with E-state index in [0.717, 1.165) is 24.3 Å². The number of benzene rings is 2. The van der Waals surface area contributed by atoms with Crippen molar-refractivity contribution in [2.45, 2.75) is 12.6 Å². The van der Waals surface area contributed by atoms with Gasteiger partial charge in [-0.1, -0.05) is 48.5 Å². The van der Waals surface area contributed by atoms with Crippen molar-refractivity contribution in [3.8, 4) is 0 Å². The zero-order chi connectivity index (χ0) is 15.4. The molecule has 1 fully saturated rings. The van der Waals surface area contributed by atoms with Gasteiger partial charge in [-0.3, -0.25) is 4.79 Å². The predicted octanol–water partition coefficient (Wildman–Crippen LogP) is 2.08. The summed E-state index contributed by atoms with van der Waals surface area (Å²) in [5.74, 6) is 0.0480. The first-order valence-corrected chi connectivity index (χ1v) is 7.61. The molecule has 1 aliphatic rings. The normalized spacial score (nSPS) is 17.9. The molecule has 0 radical (unpaired) electrons. The third-order valence-corrected chi connectivity index (χ3v) is 3.96. The molecule has 0 saturated carbocycles. The zero-order valence-corrected chi connectivity index (χ0v) is 12.8. The second-order valence-corrected chi connectivity index (χ2v) is 5.58. The van der Waals surface area contributed by atoms with E-state index >= 15 is 0 Å². The molecule has 0 spiro atoms. The lowest BCUT2D eigenvalue weighted by Gasteiger charge is -2.29. The first-order chi connectivity index (χ1) is 10.8. The van der Waals surface area contributed by atoms with E-state index in [4.69, 9.17) is 0 Å². The molecule has 1 unspecified atom stereocenters. The number of carbonyl (C=O) groups excluding carboxylic acids is 1. The highest BCUT2D eigenvalue weighted by Crippen LogP contribution is 2.27. The fourth-order valence-electron chi connectivity index (χ4n) is 2.87. The molecular formula is C18H21N3O. The Labute approximate surface area is 131 Å². The van der Waals surface area contributed by atoms with Gasteiger partial charge in [0.05, 0.1) is 0 Å². The van der Waals surface area contributed by atoms with Crippen molar-refractivity contribution in [2.75, 3.05) is 25.0 Å². The van der Waals surface area contributed by atoms with Gasteiger partial charge in [-0.15, -0.1) is 0 Å². The zero-order valence-electron chi connectivity index (χ0n) is 12.8. The van der Waals surface area contributed by atoms with E-state index in [1.165, 1.54) is 5.56 Å². The van der Waals surface area contributed by atoms with Crippen LogP contribution in [0.4, 0.5) is 5.69 Å². The Balaban J connectivity index is 1.85. The molecule has 1 atom stereocenters. The lowest BCUT2D eigenvalue weighted by molar-refractivity contribution is -0.124. The van der Waals surface area contributed by atoms with Crippen molar-refractivity contribution in [2.24, 2.45) is 0 Å². The first-order valence-electron chi connectivity index (χ1n) is 7.61. The van der Waals surface area contributed by atoms with Crippen LogP contribution in [-0.4, -0.2) is 26.0 Å². The molecule has 1 aliphatic heterocycles. The maximum absolute atomic E-state index is 12.1. The molecule has 22 heavy (non-hydrogen) atoms. The molecule has 2 aromatic rings. The lowest BCUT2D eigenvalue weighted by Crippen LogP contribution is -2.47. The van der Waals surface area contributed by atoms with Crippen molar-refractivity contribution in [3.63, 3.8) is 0 Å². The Hall–Kier alpha value is -2.33. The fraction of sp³-hybridized carbons (Fsp3) is 0.278. The summed E-state index contributed by atoms with van der Waals surface area (Å²) in [7, 11) is 2.06. The van der Waals surface area contributed by atoms with E-state index in [-0.39, 0.29) is 11.9 Å². The number of hydrogen-bond donors (Lipinski definition) is 2. The second-order valence-electron chi connectivity index (χ2n) is 5.58. The molecule has 2 aromatic carbocycles. The number of para-hydroxylation sites is 1. The van der Waals surface area contributed by atoms with E-state index in [1.807, 2.05) is 36.4 Å². The smallest absolute Gasteiger partial charge is 0.241 e. The van der Waals surface area contributed by atoms with Gasteiger partial charge in [0, 0.05) is 37.9 Å². The van der Waals surface area contributed by atoms with Crippen LogP contribution in [0, 0.1) is 0 Å². The first kappa shape index (κ1) is 14.6. The third-order valence-electron chi connectivity index (χ3n) is 3.96. The number of nitrogens with one attached hydrogen (secondary N) is 2. The van der Waals surface area contributed by atoms with Gasteiger partial charge in [0.2, 0.25) is 5.91 Å². The molecule has 4 nitrogen and oxygen atoms in total. The highest BCUT2D eigenvalue weighted by atomic mass is 16.2. The maximum atomic E-state index is 12.1. The maximum Gasteiger partial charge on any atom is 0.241 e. The van der Waals surface area contributed by atoms with Crippen LogP contribution < -0.4 is 15.5 Å². The van der Waals surface area contributed by atoms with Crippen LogP contribution in [0.5, 0.6) is 0 Å². The topological polar surface area (TPSA) is 44.4 Å². The van der Waals surface area contributed by atoms with Gasteiger partial charge >= 0.3 is 0 Å². The molecule has 3 rings (SSSR count). The summed E-state index contributed by atoms with van der Waals surface area (Å²) in [6.45, 7) is 2.30. The summed E-state index contributed by atoms with van der Waals surface area (Å²) < 4.78 is 0. The molecule has 0 aromatic heterocycles. The molecule has 1 saturated heterocycles. The number of anilines is 1. The Morgan fingerprint density at radius 3 is 2.55 bits per heavy atom. The minimum Gasteiger partial charge on any atom is -0.370 e. The highest BCUT2D eigenvalue weighted by Gasteiger charge is 2.26. The second kappa shape index (κ2) is 6.62. The number of piperazine rings is 1. The van der Waals surface area contributed by atoms with Crippen molar-refractivity contribution in [1.82, 2.24) is 10.6 Å². The van der Waals surface area contributed by atoms with Crippen LogP contribution in [0.1, 0.15) is 17.2 Å². The molecule has 0 bridgehead atoms. The Kier molecular flexibility index (Phi) is 4.39. The number of amides is 1. The minimum atomic E-state index is -0.275. The molecule has 1 amide bonds. The van der Waals surface area contributed by atoms with E-state index < -0.39 is 0 Å². The molecule has 4 heteroatoms. The van der Waals surface area contributed by atoms with Gasteiger partial charge in [-0.2, -0.15) is 0 Å². The van der Waals surface area contributed by atoms with Gasteiger partial charge in [0.1, 0.15) is 6.04 Å². The predicted molar refractivity (Wildman–Crippen MR) is 88.7 cm³/mol. The number of hydrogen-bond acceptors (Lipinski definition) is 3. The van der Waals surface area contributed by atoms with Crippen molar-refractivity contribution >= 4 is 11.6 Å². The Morgan fingerprint density at radius 1 is 1.05 bits per heavy atom. The molecule has 0 aliphatic carbocycles. The van der Waals surface area contributed by atoms with Gasteiger partial charge in [0.25, 0.3) is 0 Å². The van der Waals surface area contributed by atoms with Crippen molar-refractivity contribution in [1.29, 1.82) is 0 Å². The van der Waals surface area contributed by atoms with Crippen molar-refractivity contribution < 1.29 is 4.79 Å². The lowest BCUT2D eigenvalue weighted by atomic mass is 10.0. The van der Waals surface area contributed by atoms with Gasteiger partial charge in [-0.25, -0.2) is 0 Å². The van der Waals surface area contributed by atoms with E-state index in [9.17, 15) is 4.79 Å². The summed E-state index contributed by atoms with van der Waals surface area (Å²) >= 11 is 0. The average molecular weight is 295 g/mol. The van der Waals surface area contributed by atoms with E-state index in [1.54, 1.807) is 0 Å². The largest absolute Gasteiger partial charge is 0.370 e. The summed E-state index contributed by atoms with van der Waals surface area (Å²) in [5.41, 5.74) is 3.36. The van der Waals surface area contributed by atoms with Gasteiger partial charge in [0.15, 0.2) is 0 Å². The highest BCUT2D eigenvalue weighted by molar-refractivity contribution is 5.85. The molecule has 2 N–H and O–H groups in total. The SMILES string of the molecule is CN(Cc1ccccc1)c1ccccc1C1NCCNC1=O. The Bertz CT molecular complexity index is 642. The summed E-state index contributed by atoms with van der Waals surface area (Å²) in [4.78, 5) is 14.3. The van der Waals surface area contributed by atoms with Crippen LogP contribution in [0.3, 0.4) is 0 Å². The third kappa shape index (κ3) is 3.12. The monoisotopic (exact) mass is 295 g/mol. The van der Waals surface area contributed by atoms with Crippen LogP contribution in [0.25, 0.3) is 0 Å². The standard InChI is InChI=1S/C18H21N3O/c1-21(13-14-7-3-2-4-8-14)16-10-6-5-9-15(16)17-18(22)20-12-11-19-17/h2-10,17,19H,11-13H2,1H3,(H,20,22). The average Bonchev–Trinajstić information content (AvgIpc) is 2.56.